The molecule has 0 radical (unpaired) electrons. The molecule has 10 heteroatoms. The van der Waals surface area contributed by atoms with E-state index in [4.69, 9.17) is 4.42 Å². The third kappa shape index (κ3) is 6.65. The molecule has 1 aliphatic rings. The van der Waals surface area contributed by atoms with Gasteiger partial charge in [-0.2, -0.15) is 0 Å². The van der Waals surface area contributed by atoms with Crippen molar-refractivity contribution >= 4 is 22.8 Å². The minimum atomic E-state index is -1.24. The van der Waals surface area contributed by atoms with E-state index < -0.39 is 5.97 Å². The molecule has 3 N–H and O–H groups in total. The van der Waals surface area contributed by atoms with Crippen molar-refractivity contribution in [3.05, 3.63) is 90.1 Å². The molecule has 1 fully saturated rings. The van der Waals surface area contributed by atoms with E-state index in [2.05, 4.69) is 44.8 Å². The summed E-state index contributed by atoms with van der Waals surface area (Å²) in [6.45, 7) is 3.48. The number of aromatic nitrogens is 3. The first-order chi connectivity index (χ1) is 21.4. The number of phenols is 1. The Bertz CT molecular complexity index is 1740. The highest BCUT2D eigenvalue weighted by molar-refractivity contribution is 6.05. The van der Waals surface area contributed by atoms with E-state index in [1.165, 1.54) is 17.7 Å². The number of nitrogens with one attached hydrogen (secondary N) is 1. The summed E-state index contributed by atoms with van der Waals surface area (Å²) in [6.07, 6.45) is 5.65. The molecule has 3 aromatic carbocycles. The number of rotatable bonds is 11. The number of furan rings is 1. The lowest BCUT2D eigenvalue weighted by atomic mass is 10.0. The number of aromatic hydroxyl groups is 1. The Morgan fingerprint density at radius 1 is 0.977 bits per heavy atom. The van der Waals surface area contributed by atoms with Crippen LogP contribution < -0.4 is 5.32 Å². The number of aryl methyl sites for hydroxylation is 1. The first kappa shape index (κ1) is 29.1. The maximum Gasteiger partial charge on any atom is 0.339 e. The van der Waals surface area contributed by atoms with Gasteiger partial charge in [-0.05, 0) is 37.3 Å². The molecule has 1 amide bonds. The molecule has 0 saturated carbocycles. The first-order valence-corrected chi connectivity index (χ1v) is 15.0. The Morgan fingerprint density at radius 3 is 2.43 bits per heavy atom. The number of piperidine rings is 1. The fourth-order valence-electron chi connectivity index (χ4n) is 5.81. The van der Waals surface area contributed by atoms with Gasteiger partial charge in [0.2, 0.25) is 5.91 Å². The molecule has 0 bridgehead atoms. The topological polar surface area (TPSA) is 134 Å². The molecule has 0 unspecified atom stereocenters. The number of carbonyl (C=O) groups is 2. The molecule has 2 aromatic heterocycles. The Balaban J connectivity index is 1.04. The summed E-state index contributed by atoms with van der Waals surface area (Å²) >= 11 is 0. The normalized spacial score (nSPS) is 14.2. The van der Waals surface area contributed by atoms with Gasteiger partial charge in [0.25, 0.3) is 0 Å². The highest BCUT2D eigenvalue weighted by Crippen LogP contribution is 2.42. The number of benzene rings is 3. The second-order valence-electron chi connectivity index (χ2n) is 11.3. The Hall–Kier alpha value is -4.96. The lowest BCUT2D eigenvalue weighted by molar-refractivity contribution is -0.122. The SMILES string of the molecule is O=C(CCCCn1cc(-c2c(-c3ccccc3)oc3cc(O)c(C(=O)O)cc23)nn1)NC1CCN(Cc2ccccc2)CC1. The highest BCUT2D eigenvalue weighted by Gasteiger charge is 2.24. The van der Waals surface area contributed by atoms with E-state index in [0.717, 1.165) is 50.9 Å². The number of carboxylic acids is 1. The number of unbranched alkanes of at least 4 members (excludes halogenated alkanes) is 1. The zero-order chi connectivity index (χ0) is 30.5. The summed E-state index contributed by atoms with van der Waals surface area (Å²) < 4.78 is 7.83. The van der Waals surface area contributed by atoms with Crippen molar-refractivity contribution in [2.75, 3.05) is 13.1 Å². The summed E-state index contributed by atoms with van der Waals surface area (Å²) in [5.41, 5.74) is 3.37. The van der Waals surface area contributed by atoms with Crippen LogP contribution in [0.3, 0.4) is 0 Å². The van der Waals surface area contributed by atoms with Crippen molar-refractivity contribution < 1.29 is 24.2 Å². The van der Waals surface area contributed by atoms with Crippen LogP contribution in [0.25, 0.3) is 33.6 Å². The van der Waals surface area contributed by atoms with Crippen molar-refractivity contribution in [1.29, 1.82) is 0 Å². The number of amides is 1. The molecular weight excluding hydrogens is 558 g/mol. The average molecular weight is 594 g/mol. The van der Waals surface area contributed by atoms with E-state index in [-0.39, 0.29) is 23.3 Å². The first-order valence-electron chi connectivity index (χ1n) is 15.0. The van der Waals surface area contributed by atoms with Gasteiger partial charge in [-0.25, -0.2) is 4.79 Å². The number of aromatic carboxylic acids is 1. The van der Waals surface area contributed by atoms with E-state index in [1.807, 2.05) is 36.4 Å². The fraction of sp³-hybridized carbons (Fsp3) is 0.294. The van der Waals surface area contributed by atoms with Gasteiger partial charge >= 0.3 is 5.97 Å². The molecular formula is C34H35N5O5. The number of carboxylic acid groups (broad SMARTS) is 1. The van der Waals surface area contributed by atoms with Gasteiger partial charge in [0.1, 0.15) is 28.4 Å². The second-order valence-corrected chi connectivity index (χ2v) is 11.3. The van der Waals surface area contributed by atoms with Crippen LogP contribution in [0.4, 0.5) is 0 Å². The summed E-state index contributed by atoms with van der Waals surface area (Å²) in [6, 6.07) is 22.9. The van der Waals surface area contributed by atoms with Gasteiger partial charge in [0.15, 0.2) is 0 Å². The average Bonchev–Trinajstić information content (AvgIpc) is 3.65. The summed E-state index contributed by atoms with van der Waals surface area (Å²) in [4.78, 5) is 26.8. The van der Waals surface area contributed by atoms with Gasteiger partial charge in [0.05, 0.1) is 11.8 Å². The van der Waals surface area contributed by atoms with Crippen LogP contribution in [0.5, 0.6) is 5.75 Å². The summed E-state index contributed by atoms with van der Waals surface area (Å²) in [7, 11) is 0. The van der Waals surface area contributed by atoms with Crippen molar-refractivity contribution in [1.82, 2.24) is 25.2 Å². The lowest BCUT2D eigenvalue weighted by Crippen LogP contribution is -2.44. The van der Waals surface area contributed by atoms with Crippen LogP contribution in [0.2, 0.25) is 0 Å². The summed E-state index contributed by atoms with van der Waals surface area (Å²) in [5.74, 6) is -1.01. The van der Waals surface area contributed by atoms with Gasteiger partial charge in [-0.1, -0.05) is 65.9 Å². The smallest absolute Gasteiger partial charge is 0.339 e. The fourth-order valence-corrected chi connectivity index (χ4v) is 5.81. The van der Waals surface area contributed by atoms with Crippen molar-refractivity contribution in [3.63, 3.8) is 0 Å². The molecule has 0 atom stereocenters. The quantitative estimate of drug-likeness (QED) is 0.166. The minimum Gasteiger partial charge on any atom is -0.507 e. The number of carbonyl (C=O) groups excluding carboxylic acids is 1. The van der Waals surface area contributed by atoms with Crippen molar-refractivity contribution in [3.8, 4) is 28.3 Å². The zero-order valence-corrected chi connectivity index (χ0v) is 24.4. The molecule has 5 aromatic rings. The predicted octanol–water partition coefficient (Wildman–Crippen LogP) is 5.71. The van der Waals surface area contributed by atoms with Crippen LogP contribution in [-0.4, -0.2) is 61.1 Å². The van der Waals surface area contributed by atoms with Gasteiger partial charge < -0.3 is 19.9 Å². The Morgan fingerprint density at radius 2 is 1.70 bits per heavy atom. The van der Waals surface area contributed by atoms with E-state index in [9.17, 15) is 19.8 Å². The standard InChI is InChI=1S/C34H35N5O5/c40-29-20-30-27(19-26(29)34(42)43)32(33(44-30)24-11-5-2-6-12-24)28-22-39(37-36-28)16-8-7-13-31(41)35-25-14-17-38(18-15-25)21-23-9-3-1-4-10-23/h1-6,9-12,19-20,22,25,40H,7-8,13-18,21H2,(H,35,41)(H,42,43). The molecule has 44 heavy (non-hydrogen) atoms. The zero-order valence-electron chi connectivity index (χ0n) is 24.4. The minimum absolute atomic E-state index is 0.0839. The van der Waals surface area contributed by atoms with Gasteiger partial charge in [0, 0.05) is 55.7 Å². The predicted molar refractivity (Wildman–Crippen MR) is 166 cm³/mol. The maximum atomic E-state index is 12.6. The van der Waals surface area contributed by atoms with Gasteiger partial charge in [-0.3, -0.25) is 14.4 Å². The molecule has 226 valence electrons. The number of likely N-dealkylation sites (tertiary alicyclic amines) is 1. The molecule has 6 rings (SSSR count). The molecule has 3 heterocycles. The number of hydrogen-bond donors (Lipinski definition) is 3. The van der Waals surface area contributed by atoms with Crippen molar-refractivity contribution in [2.45, 2.75) is 51.2 Å². The second kappa shape index (κ2) is 13.1. The lowest BCUT2D eigenvalue weighted by Gasteiger charge is -2.32. The van der Waals surface area contributed by atoms with Gasteiger partial charge in [-0.15, -0.1) is 5.10 Å². The third-order valence-electron chi connectivity index (χ3n) is 8.11. The molecule has 1 saturated heterocycles. The van der Waals surface area contributed by atoms with E-state index in [1.54, 1.807) is 10.9 Å². The Labute approximate surface area is 254 Å². The highest BCUT2D eigenvalue weighted by atomic mass is 16.4. The van der Waals surface area contributed by atoms with Crippen LogP contribution in [0.15, 0.2) is 83.4 Å². The van der Waals surface area contributed by atoms with Crippen LogP contribution >= 0.6 is 0 Å². The number of hydrogen-bond acceptors (Lipinski definition) is 7. The van der Waals surface area contributed by atoms with E-state index in [0.29, 0.717) is 41.0 Å². The van der Waals surface area contributed by atoms with E-state index >= 15 is 0 Å². The Kier molecular flexibility index (Phi) is 8.69. The molecule has 0 aliphatic carbocycles. The van der Waals surface area contributed by atoms with Crippen molar-refractivity contribution in [2.24, 2.45) is 0 Å². The monoisotopic (exact) mass is 593 g/mol. The maximum absolute atomic E-state index is 12.6. The van der Waals surface area contributed by atoms with Crippen LogP contribution in [-0.2, 0) is 17.9 Å². The molecule has 1 aliphatic heterocycles. The molecule has 10 nitrogen and oxygen atoms in total. The summed E-state index contributed by atoms with van der Waals surface area (Å²) in [5, 5.41) is 32.2. The third-order valence-corrected chi connectivity index (χ3v) is 8.11. The number of fused-ring (bicyclic) bond motifs is 1. The van der Waals surface area contributed by atoms with Crippen LogP contribution in [0, 0.1) is 0 Å². The largest absolute Gasteiger partial charge is 0.507 e. The molecule has 0 spiro atoms. The van der Waals surface area contributed by atoms with Crippen LogP contribution in [0.1, 0.15) is 48.0 Å². The number of nitrogens with zero attached hydrogens (tertiary/aromatic N) is 4.